The monoisotopic (exact) mass is 284 g/mol. The molecule has 0 saturated carbocycles. The second kappa shape index (κ2) is 3.61. The number of nitrogens with one attached hydrogen (secondary N) is 1. The quantitative estimate of drug-likeness (QED) is 0.819. The lowest BCUT2D eigenvalue weighted by molar-refractivity contribution is -0.137. The van der Waals surface area contributed by atoms with Crippen LogP contribution in [0.4, 0.5) is 13.2 Å². The molecule has 0 bridgehead atoms. The standard InChI is InChI=1S/C8H4ClF3N2O2S/c9-17(15,16)7-5-3-4(8(10,11)12)1-2-6(5)13-14-7/h1-3H,(H,13,14). The first-order valence-corrected chi connectivity index (χ1v) is 6.50. The van der Waals surface area contributed by atoms with E-state index >= 15 is 0 Å². The van der Waals surface area contributed by atoms with Crippen molar-refractivity contribution in [2.75, 3.05) is 0 Å². The second-order valence-corrected chi connectivity index (χ2v) is 5.72. The first kappa shape index (κ1) is 12.2. The fraction of sp³-hybridized carbons (Fsp3) is 0.125. The zero-order chi connectivity index (χ0) is 12.8. The lowest BCUT2D eigenvalue weighted by Crippen LogP contribution is -2.04. The number of halogens is 4. The van der Waals surface area contributed by atoms with Gasteiger partial charge >= 0.3 is 6.18 Å². The lowest BCUT2D eigenvalue weighted by atomic mass is 10.1. The number of hydrogen-bond donors (Lipinski definition) is 1. The van der Waals surface area contributed by atoms with Crippen LogP contribution in [0, 0.1) is 0 Å². The summed E-state index contributed by atoms with van der Waals surface area (Å²) in [6.07, 6.45) is -4.56. The Labute approximate surface area is 97.8 Å². The average Bonchev–Trinajstić information content (AvgIpc) is 2.57. The Morgan fingerprint density at radius 1 is 1.29 bits per heavy atom. The highest BCUT2D eigenvalue weighted by Gasteiger charge is 2.31. The van der Waals surface area contributed by atoms with E-state index in [1.807, 2.05) is 0 Å². The Hall–Kier alpha value is -1.28. The first-order valence-electron chi connectivity index (χ1n) is 4.19. The minimum absolute atomic E-state index is 0.0947. The molecule has 0 aliphatic rings. The van der Waals surface area contributed by atoms with Gasteiger partial charge in [0.2, 0.25) is 0 Å². The molecular formula is C8H4ClF3N2O2S. The van der Waals surface area contributed by atoms with Crippen LogP contribution in [-0.2, 0) is 15.2 Å². The Balaban J connectivity index is 2.76. The van der Waals surface area contributed by atoms with Gasteiger partial charge in [-0.15, -0.1) is 0 Å². The number of alkyl halides is 3. The van der Waals surface area contributed by atoms with E-state index in [0.717, 1.165) is 12.1 Å². The highest BCUT2D eigenvalue weighted by Crippen LogP contribution is 2.33. The zero-order valence-corrected chi connectivity index (χ0v) is 9.49. The molecule has 0 amide bonds. The summed E-state index contributed by atoms with van der Waals surface area (Å²) < 4.78 is 59.5. The third-order valence-electron chi connectivity index (χ3n) is 2.09. The average molecular weight is 285 g/mol. The summed E-state index contributed by atoms with van der Waals surface area (Å²) in [5, 5.41) is 4.92. The molecule has 0 aliphatic heterocycles. The molecule has 1 aromatic carbocycles. The molecule has 0 radical (unpaired) electrons. The number of benzene rings is 1. The molecule has 1 heterocycles. The molecule has 9 heteroatoms. The minimum Gasteiger partial charge on any atom is -0.265 e. The van der Waals surface area contributed by atoms with Crippen LogP contribution in [0.1, 0.15) is 5.56 Å². The van der Waals surface area contributed by atoms with Gasteiger partial charge in [0, 0.05) is 16.1 Å². The third-order valence-corrected chi connectivity index (χ3v) is 3.35. The molecule has 1 N–H and O–H groups in total. The number of aromatic nitrogens is 2. The van der Waals surface area contributed by atoms with E-state index in [0.29, 0.717) is 6.07 Å². The summed E-state index contributed by atoms with van der Waals surface area (Å²) in [6.45, 7) is 0. The highest BCUT2D eigenvalue weighted by atomic mass is 35.7. The van der Waals surface area contributed by atoms with Gasteiger partial charge in [-0.2, -0.15) is 18.3 Å². The first-order chi connectivity index (χ1) is 7.69. The fourth-order valence-corrected chi connectivity index (χ4v) is 2.28. The summed E-state index contributed by atoms with van der Waals surface area (Å²) in [5.41, 5.74) is -0.870. The van der Waals surface area contributed by atoms with E-state index < -0.39 is 25.8 Å². The van der Waals surface area contributed by atoms with E-state index in [4.69, 9.17) is 10.7 Å². The molecule has 0 aliphatic carbocycles. The molecule has 0 fully saturated rings. The van der Waals surface area contributed by atoms with Crippen molar-refractivity contribution < 1.29 is 21.6 Å². The van der Waals surface area contributed by atoms with Crippen molar-refractivity contribution in [1.82, 2.24) is 10.2 Å². The maximum Gasteiger partial charge on any atom is 0.416 e. The molecule has 0 unspecified atom stereocenters. The van der Waals surface area contributed by atoms with Gasteiger partial charge in [0.25, 0.3) is 9.05 Å². The van der Waals surface area contributed by atoms with Crippen LogP contribution in [0.2, 0.25) is 0 Å². The summed E-state index contributed by atoms with van der Waals surface area (Å²) in [5.74, 6) is 0. The number of aromatic amines is 1. The van der Waals surface area contributed by atoms with E-state index in [-0.39, 0.29) is 10.9 Å². The van der Waals surface area contributed by atoms with E-state index in [1.165, 1.54) is 0 Å². The van der Waals surface area contributed by atoms with E-state index in [2.05, 4.69) is 10.2 Å². The maximum atomic E-state index is 12.4. The largest absolute Gasteiger partial charge is 0.416 e. The van der Waals surface area contributed by atoms with Crippen molar-refractivity contribution >= 4 is 30.6 Å². The maximum absolute atomic E-state index is 12.4. The summed E-state index contributed by atoms with van der Waals surface area (Å²) >= 11 is 0. The Morgan fingerprint density at radius 3 is 2.47 bits per heavy atom. The number of nitrogens with zero attached hydrogens (tertiary/aromatic N) is 1. The van der Waals surface area contributed by atoms with Gasteiger partial charge in [0.15, 0.2) is 5.03 Å². The molecule has 1 aromatic heterocycles. The van der Waals surface area contributed by atoms with Gasteiger partial charge in [-0.25, -0.2) is 8.42 Å². The number of fused-ring (bicyclic) bond motifs is 1. The predicted octanol–water partition coefficient (Wildman–Crippen LogP) is 2.51. The zero-order valence-electron chi connectivity index (χ0n) is 7.92. The molecular weight excluding hydrogens is 281 g/mol. The lowest BCUT2D eigenvalue weighted by Gasteiger charge is -2.05. The van der Waals surface area contributed by atoms with Gasteiger partial charge in [0.05, 0.1) is 11.1 Å². The molecule has 0 saturated heterocycles. The molecule has 92 valence electrons. The summed E-state index contributed by atoms with van der Waals surface area (Å²) in [4.78, 5) is 0. The normalized spacial score (nSPS) is 13.2. The minimum atomic E-state index is -4.56. The predicted molar refractivity (Wildman–Crippen MR) is 54.1 cm³/mol. The Kier molecular flexibility index (Phi) is 2.58. The molecule has 2 rings (SSSR count). The van der Waals surface area contributed by atoms with Crippen molar-refractivity contribution in [3.63, 3.8) is 0 Å². The van der Waals surface area contributed by atoms with Gasteiger partial charge in [-0.05, 0) is 18.2 Å². The van der Waals surface area contributed by atoms with Crippen molar-refractivity contribution in [3.8, 4) is 0 Å². The van der Waals surface area contributed by atoms with Crippen molar-refractivity contribution in [3.05, 3.63) is 23.8 Å². The number of hydrogen-bond acceptors (Lipinski definition) is 3. The van der Waals surface area contributed by atoms with E-state index in [9.17, 15) is 21.6 Å². The van der Waals surface area contributed by atoms with Crippen LogP contribution in [-0.4, -0.2) is 18.6 Å². The third kappa shape index (κ3) is 2.22. The van der Waals surface area contributed by atoms with E-state index in [1.54, 1.807) is 0 Å². The van der Waals surface area contributed by atoms with Crippen LogP contribution in [0.25, 0.3) is 10.9 Å². The summed E-state index contributed by atoms with van der Waals surface area (Å²) in [7, 11) is 0.904. The van der Waals surface area contributed by atoms with Crippen LogP contribution < -0.4 is 0 Å². The van der Waals surface area contributed by atoms with Gasteiger partial charge in [0.1, 0.15) is 0 Å². The fourth-order valence-electron chi connectivity index (χ4n) is 1.35. The topological polar surface area (TPSA) is 62.8 Å². The Morgan fingerprint density at radius 2 is 1.94 bits per heavy atom. The number of H-pyrrole nitrogens is 1. The van der Waals surface area contributed by atoms with Gasteiger partial charge < -0.3 is 0 Å². The Bertz CT molecular complexity index is 678. The van der Waals surface area contributed by atoms with Crippen LogP contribution in [0.15, 0.2) is 23.2 Å². The van der Waals surface area contributed by atoms with Gasteiger partial charge in [-0.1, -0.05) is 0 Å². The molecule has 4 nitrogen and oxygen atoms in total. The molecule has 2 aromatic rings. The van der Waals surface area contributed by atoms with Crippen LogP contribution >= 0.6 is 10.7 Å². The van der Waals surface area contributed by atoms with Crippen LogP contribution in [0.3, 0.4) is 0 Å². The molecule has 0 atom stereocenters. The number of rotatable bonds is 1. The van der Waals surface area contributed by atoms with Crippen molar-refractivity contribution in [2.24, 2.45) is 0 Å². The smallest absolute Gasteiger partial charge is 0.265 e. The second-order valence-electron chi connectivity index (χ2n) is 3.22. The summed E-state index contributed by atoms with van der Waals surface area (Å²) in [6, 6.07) is 2.57. The SMILES string of the molecule is O=S(=O)(Cl)c1[nH]nc2ccc(C(F)(F)F)cc12. The molecule has 0 spiro atoms. The van der Waals surface area contributed by atoms with Gasteiger partial charge in [-0.3, -0.25) is 5.10 Å². The van der Waals surface area contributed by atoms with Crippen molar-refractivity contribution in [1.29, 1.82) is 0 Å². The van der Waals surface area contributed by atoms with Crippen LogP contribution in [0.5, 0.6) is 0 Å². The van der Waals surface area contributed by atoms with Crippen molar-refractivity contribution in [2.45, 2.75) is 11.2 Å². The highest BCUT2D eigenvalue weighted by molar-refractivity contribution is 8.13. The molecule has 17 heavy (non-hydrogen) atoms.